The predicted molar refractivity (Wildman–Crippen MR) is 61.8 cm³/mol. The Labute approximate surface area is 90.6 Å². The number of halogens is 1. The molecule has 14 heavy (non-hydrogen) atoms. The van der Waals surface area contributed by atoms with Crippen LogP contribution in [0.5, 0.6) is 0 Å². The van der Waals surface area contributed by atoms with Crippen molar-refractivity contribution in [1.82, 2.24) is 0 Å². The van der Waals surface area contributed by atoms with E-state index in [1.54, 1.807) is 0 Å². The van der Waals surface area contributed by atoms with E-state index in [1.165, 1.54) is 36.8 Å². The smallest absolute Gasteiger partial charge is 0.0406 e. The van der Waals surface area contributed by atoms with Crippen LogP contribution in [-0.4, -0.2) is 0 Å². The summed E-state index contributed by atoms with van der Waals surface area (Å²) in [4.78, 5) is 0. The highest BCUT2D eigenvalue weighted by Gasteiger charge is 2.18. The van der Waals surface area contributed by atoms with Crippen LogP contribution >= 0.6 is 11.6 Å². The molecule has 0 N–H and O–H groups in total. The van der Waals surface area contributed by atoms with Crippen LogP contribution in [0.3, 0.4) is 0 Å². The molecular weight excluding hydrogens is 192 g/mol. The molecule has 1 saturated carbocycles. The molecule has 1 aromatic carbocycles. The summed E-state index contributed by atoms with van der Waals surface area (Å²) in [5, 5.41) is 0.815. The number of rotatable bonds is 1. The zero-order valence-electron chi connectivity index (χ0n) is 8.30. The van der Waals surface area contributed by atoms with E-state index in [4.69, 9.17) is 11.6 Å². The Kier molecular flexibility index (Phi) is 2.93. The van der Waals surface area contributed by atoms with Crippen LogP contribution in [0.2, 0.25) is 5.02 Å². The van der Waals surface area contributed by atoms with Crippen LogP contribution in [-0.2, 0) is 0 Å². The Hall–Kier alpha value is -0.750. The quantitative estimate of drug-likeness (QED) is 0.592. The molecule has 1 aliphatic carbocycles. The summed E-state index contributed by atoms with van der Waals surface area (Å²) >= 11 is 5.86. The molecule has 0 spiro atoms. The molecule has 1 unspecified atom stereocenters. The summed E-state index contributed by atoms with van der Waals surface area (Å²) in [5.41, 5.74) is 2.76. The fourth-order valence-corrected chi connectivity index (χ4v) is 2.30. The second-order valence-corrected chi connectivity index (χ2v) is 4.44. The molecule has 74 valence electrons. The van der Waals surface area contributed by atoms with Crippen LogP contribution in [0.1, 0.15) is 37.2 Å². The van der Waals surface area contributed by atoms with Gasteiger partial charge in [0.2, 0.25) is 0 Å². The first kappa shape index (κ1) is 9.79. The summed E-state index contributed by atoms with van der Waals surface area (Å²) in [6, 6.07) is 8.20. The molecule has 0 radical (unpaired) electrons. The van der Waals surface area contributed by atoms with Gasteiger partial charge in [0, 0.05) is 10.9 Å². The minimum Gasteiger partial charge on any atom is -0.0992 e. The van der Waals surface area contributed by atoms with Crippen molar-refractivity contribution >= 4 is 11.6 Å². The van der Waals surface area contributed by atoms with Crippen molar-refractivity contribution in [1.29, 1.82) is 0 Å². The van der Waals surface area contributed by atoms with E-state index in [2.05, 4.69) is 18.7 Å². The van der Waals surface area contributed by atoms with Gasteiger partial charge in [-0.3, -0.25) is 0 Å². The number of allylic oxidation sites excluding steroid dienone is 1. The van der Waals surface area contributed by atoms with Crippen LogP contribution < -0.4 is 0 Å². The van der Waals surface area contributed by atoms with Gasteiger partial charge in [0.15, 0.2) is 0 Å². The molecule has 1 heteroatoms. The molecule has 0 heterocycles. The Morgan fingerprint density at radius 2 is 1.86 bits per heavy atom. The zero-order valence-corrected chi connectivity index (χ0v) is 9.06. The van der Waals surface area contributed by atoms with E-state index in [-0.39, 0.29) is 0 Å². The molecule has 1 aromatic rings. The van der Waals surface area contributed by atoms with E-state index >= 15 is 0 Å². The van der Waals surface area contributed by atoms with E-state index in [9.17, 15) is 0 Å². The standard InChI is InChI=1S/C13H15Cl/c1-10-4-2-3-5-13(10)11-6-8-12(14)9-7-11/h6-9,13H,1-5H2. The monoisotopic (exact) mass is 206 g/mol. The summed E-state index contributed by atoms with van der Waals surface area (Å²) in [5.74, 6) is 0.570. The lowest BCUT2D eigenvalue weighted by Crippen LogP contribution is -2.07. The maximum absolute atomic E-state index is 5.86. The highest BCUT2D eigenvalue weighted by Crippen LogP contribution is 2.36. The topological polar surface area (TPSA) is 0 Å². The fraction of sp³-hybridized carbons (Fsp3) is 0.385. The summed E-state index contributed by atoms with van der Waals surface area (Å²) in [7, 11) is 0. The van der Waals surface area contributed by atoms with Gasteiger partial charge in [-0.2, -0.15) is 0 Å². The normalized spacial score (nSPS) is 22.4. The average molecular weight is 207 g/mol. The van der Waals surface area contributed by atoms with Gasteiger partial charge < -0.3 is 0 Å². The van der Waals surface area contributed by atoms with Crippen LogP contribution in [0.25, 0.3) is 0 Å². The van der Waals surface area contributed by atoms with Crippen LogP contribution in [0.4, 0.5) is 0 Å². The molecule has 1 fully saturated rings. The van der Waals surface area contributed by atoms with Gasteiger partial charge in [-0.15, -0.1) is 0 Å². The molecule has 0 saturated heterocycles. The summed E-state index contributed by atoms with van der Waals surface area (Å²) in [6.45, 7) is 4.16. The van der Waals surface area contributed by atoms with Crippen molar-refractivity contribution in [3.8, 4) is 0 Å². The van der Waals surface area contributed by atoms with Crippen molar-refractivity contribution in [2.75, 3.05) is 0 Å². The molecular formula is C13H15Cl. The Bertz CT molecular complexity index is 324. The molecule has 0 amide bonds. The first-order valence-corrected chi connectivity index (χ1v) is 5.58. The lowest BCUT2D eigenvalue weighted by atomic mass is 9.81. The van der Waals surface area contributed by atoms with Gasteiger partial charge in [0.1, 0.15) is 0 Å². The van der Waals surface area contributed by atoms with Crippen molar-refractivity contribution < 1.29 is 0 Å². The first-order chi connectivity index (χ1) is 6.77. The predicted octanol–water partition coefficient (Wildman–Crippen LogP) is 4.55. The maximum Gasteiger partial charge on any atom is 0.0406 e. The van der Waals surface area contributed by atoms with Crippen molar-refractivity contribution in [2.24, 2.45) is 0 Å². The molecule has 1 atom stereocenters. The molecule has 0 aliphatic heterocycles. The third-order valence-corrected chi connectivity index (χ3v) is 3.26. The summed E-state index contributed by atoms with van der Waals surface area (Å²) < 4.78 is 0. The lowest BCUT2D eigenvalue weighted by Gasteiger charge is -2.24. The lowest BCUT2D eigenvalue weighted by molar-refractivity contribution is 0.542. The Balaban J connectivity index is 2.20. The van der Waals surface area contributed by atoms with E-state index < -0.39 is 0 Å². The zero-order chi connectivity index (χ0) is 9.97. The fourth-order valence-electron chi connectivity index (χ4n) is 2.18. The Morgan fingerprint density at radius 1 is 1.14 bits per heavy atom. The second kappa shape index (κ2) is 4.18. The minimum atomic E-state index is 0.570. The number of hydrogen-bond donors (Lipinski definition) is 0. The van der Waals surface area contributed by atoms with Gasteiger partial charge in [0.25, 0.3) is 0 Å². The second-order valence-electron chi connectivity index (χ2n) is 4.01. The average Bonchev–Trinajstić information content (AvgIpc) is 2.20. The summed E-state index contributed by atoms with van der Waals surface area (Å²) in [6.07, 6.45) is 5.07. The number of benzene rings is 1. The van der Waals surface area contributed by atoms with Gasteiger partial charge in [-0.25, -0.2) is 0 Å². The minimum absolute atomic E-state index is 0.570. The largest absolute Gasteiger partial charge is 0.0992 e. The highest BCUT2D eigenvalue weighted by atomic mass is 35.5. The molecule has 0 aromatic heterocycles. The third kappa shape index (κ3) is 2.01. The first-order valence-electron chi connectivity index (χ1n) is 5.20. The van der Waals surface area contributed by atoms with Crippen molar-refractivity contribution in [3.05, 3.63) is 47.0 Å². The van der Waals surface area contributed by atoms with Crippen molar-refractivity contribution in [2.45, 2.75) is 31.6 Å². The molecule has 0 bridgehead atoms. The molecule has 1 aliphatic rings. The molecule has 2 rings (SSSR count). The van der Waals surface area contributed by atoms with E-state index in [0.29, 0.717) is 5.92 Å². The SMILES string of the molecule is C=C1CCCCC1c1ccc(Cl)cc1. The van der Waals surface area contributed by atoms with Crippen LogP contribution in [0, 0.1) is 0 Å². The molecule has 0 nitrogen and oxygen atoms in total. The third-order valence-electron chi connectivity index (χ3n) is 3.01. The maximum atomic E-state index is 5.86. The van der Waals surface area contributed by atoms with Gasteiger partial charge in [0.05, 0.1) is 0 Å². The van der Waals surface area contributed by atoms with Gasteiger partial charge in [-0.1, -0.05) is 42.3 Å². The number of hydrogen-bond acceptors (Lipinski definition) is 0. The van der Waals surface area contributed by atoms with Gasteiger partial charge >= 0.3 is 0 Å². The van der Waals surface area contributed by atoms with Crippen molar-refractivity contribution in [3.63, 3.8) is 0 Å². The van der Waals surface area contributed by atoms with Gasteiger partial charge in [-0.05, 0) is 37.0 Å². The van der Waals surface area contributed by atoms with E-state index in [1.807, 2.05) is 12.1 Å². The van der Waals surface area contributed by atoms with Crippen LogP contribution in [0.15, 0.2) is 36.4 Å². The van der Waals surface area contributed by atoms with E-state index in [0.717, 1.165) is 5.02 Å². The Morgan fingerprint density at radius 3 is 2.50 bits per heavy atom. The highest BCUT2D eigenvalue weighted by molar-refractivity contribution is 6.30.